The van der Waals surface area contributed by atoms with E-state index in [2.05, 4.69) is 4.99 Å². The summed E-state index contributed by atoms with van der Waals surface area (Å²) in [5, 5.41) is 18.4. The topological polar surface area (TPSA) is 65.3 Å². The maximum absolute atomic E-state index is 9.52. The van der Waals surface area contributed by atoms with Crippen LogP contribution < -0.4 is 0 Å². The minimum atomic E-state index is -0.579. The van der Waals surface area contributed by atoms with Crippen LogP contribution in [0.1, 0.15) is 6.42 Å². The van der Waals surface area contributed by atoms with Crippen LogP contribution in [-0.4, -0.2) is 53.0 Å². The van der Waals surface area contributed by atoms with E-state index in [1.54, 1.807) is 12.5 Å². The molecule has 1 fully saturated rings. The third-order valence-electron chi connectivity index (χ3n) is 2.48. The number of aliphatic hydroxyl groups is 2. The van der Waals surface area contributed by atoms with Gasteiger partial charge in [-0.15, -0.1) is 0 Å². The minimum Gasteiger partial charge on any atom is -0.394 e. The van der Waals surface area contributed by atoms with Crippen molar-refractivity contribution in [2.45, 2.75) is 24.9 Å². The summed E-state index contributed by atoms with van der Waals surface area (Å²) in [4.78, 5) is 5.88. The molecule has 0 amide bonds. The Bertz CT molecular complexity index is 254. The number of aliphatic imine (C=N–C) groups is 1. The predicted molar refractivity (Wildman–Crippen MR) is 50.7 cm³/mol. The minimum absolute atomic E-state index is 0.140. The molecular weight excluding hydrogens is 184 g/mol. The molecule has 0 aromatic heterocycles. The van der Waals surface area contributed by atoms with Crippen LogP contribution in [0.4, 0.5) is 0 Å². The zero-order chi connectivity index (χ0) is 9.97. The van der Waals surface area contributed by atoms with Crippen LogP contribution in [0, 0.1) is 0 Å². The Morgan fingerprint density at radius 1 is 1.57 bits per heavy atom. The Morgan fingerprint density at radius 3 is 3.00 bits per heavy atom. The third-order valence-corrected chi connectivity index (χ3v) is 2.48. The van der Waals surface area contributed by atoms with Crippen molar-refractivity contribution < 1.29 is 14.9 Å². The first-order valence-electron chi connectivity index (χ1n) is 4.69. The van der Waals surface area contributed by atoms with Crippen LogP contribution in [0.15, 0.2) is 17.3 Å². The molecule has 2 N–H and O–H groups in total. The molecule has 0 spiro atoms. The monoisotopic (exact) mass is 198 g/mol. The molecule has 0 aromatic carbocycles. The Morgan fingerprint density at radius 2 is 2.43 bits per heavy atom. The molecular formula is C9H14N2O3. The maximum Gasteiger partial charge on any atom is 0.134 e. The lowest BCUT2D eigenvalue weighted by Crippen LogP contribution is -2.35. The van der Waals surface area contributed by atoms with Gasteiger partial charge in [0.2, 0.25) is 0 Å². The Balaban J connectivity index is 1.94. The lowest BCUT2D eigenvalue weighted by molar-refractivity contribution is -0.0547. The lowest BCUT2D eigenvalue weighted by Gasteiger charge is -2.26. The molecule has 78 valence electrons. The van der Waals surface area contributed by atoms with Crippen molar-refractivity contribution in [2.24, 2.45) is 4.99 Å². The van der Waals surface area contributed by atoms with Gasteiger partial charge in [0.1, 0.15) is 12.3 Å². The van der Waals surface area contributed by atoms with Crippen LogP contribution in [0.25, 0.3) is 0 Å². The molecule has 0 radical (unpaired) electrons. The third kappa shape index (κ3) is 1.79. The number of ether oxygens (including phenoxy) is 1. The highest BCUT2D eigenvalue weighted by Crippen LogP contribution is 2.22. The highest BCUT2D eigenvalue weighted by atomic mass is 16.5. The standard InChI is InChI=1S/C9H14N2O3/c12-5-8-7(13)4-9(14-8)11-3-1-2-10-6-11/h1-2,6-9,12-13H,3-5H2/t7-,8+,9-/m0/s1. The molecule has 14 heavy (non-hydrogen) atoms. The molecule has 0 unspecified atom stereocenters. The normalized spacial score (nSPS) is 36.7. The van der Waals surface area contributed by atoms with Crippen molar-refractivity contribution in [1.29, 1.82) is 0 Å². The summed E-state index contributed by atoms with van der Waals surface area (Å²) in [5.74, 6) is 0. The van der Waals surface area contributed by atoms with Gasteiger partial charge in [0.25, 0.3) is 0 Å². The molecule has 1 saturated heterocycles. The van der Waals surface area contributed by atoms with Gasteiger partial charge < -0.3 is 19.8 Å². The Labute approximate surface area is 82.3 Å². The molecule has 0 aliphatic carbocycles. The van der Waals surface area contributed by atoms with Gasteiger partial charge in [-0.05, 0) is 6.08 Å². The fourth-order valence-electron chi connectivity index (χ4n) is 1.68. The fraction of sp³-hybridized carbons (Fsp3) is 0.667. The molecule has 0 aromatic rings. The molecule has 2 aliphatic rings. The van der Waals surface area contributed by atoms with Crippen LogP contribution in [-0.2, 0) is 4.74 Å². The first-order valence-corrected chi connectivity index (χ1v) is 4.69. The van der Waals surface area contributed by atoms with E-state index >= 15 is 0 Å². The molecule has 3 atom stereocenters. The van der Waals surface area contributed by atoms with Crippen molar-refractivity contribution in [1.82, 2.24) is 4.90 Å². The van der Waals surface area contributed by atoms with Gasteiger partial charge in [-0.2, -0.15) is 0 Å². The fourth-order valence-corrected chi connectivity index (χ4v) is 1.68. The summed E-state index contributed by atoms with van der Waals surface area (Å²) >= 11 is 0. The van der Waals surface area contributed by atoms with Gasteiger partial charge in [-0.1, -0.05) is 0 Å². The van der Waals surface area contributed by atoms with Gasteiger partial charge in [-0.25, -0.2) is 4.99 Å². The number of nitrogens with zero attached hydrogens (tertiary/aromatic N) is 2. The van der Waals surface area contributed by atoms with E-state index in [1.165, 1.54) is 0 Å². The van der Waals surface area contributed by atoms with Crippen LogP contribution in [0.2, 0.25) is 0 Å². The second-order valence-corrected chi connectivity index (χ2v) is 3.46. The van der Waals surface area contributed by atoms with E-state index in [0.717, 1.165) is 6.54 Å². The number of hydrogen-bond donors (Lipinski definition) is 2. The quantitative estimate of drug-likeness (QED) is 0.616. The highest BCUT2D eigenvalue weighted by molar-refractivity contribution is 5.57. The van der Waals surface area contributed by atoms with E-state index in [9.17, 15) is 5.11 Å². The van der Waals surface area contributed by atoms with E-state index < -0.39 is 12.2 Å². The molecule has 2 heterocycles. The van der Waals surface area contributed by atoms with Crippen molar-refractivity contribution in [2.75, 3.05) is 13.2 Å². The van der Waals surface area contributed by atoms with Crippen molar-refractivity contribution >= 4 is 6.34 Å². The summed E-state index contributed by atoms with van der Waals surface area (Å²) in [5.41, 5.74) is 0. The number of aliphatic hydroxyl groups excluding tert-OH is 2. The van der Waals surface area contributed by atoms with Crippen molar-refractivity contribution in [3.63, 3.8) is 0 Å². The first kappa shape index (κ1) is 9.64. The second-order valence-electron chi connectivity index (χ2n) is 3.46. The summed E-state index contributed by atoms with van der Waals surface area (Å²) in [6.07, 6.45) is 4.65. The zero-order valence-corrected chi connectivity index (χ0v) is 7.78. The average Bonchev–Trinajstić information content (AvgIpc) is 2.61. The molecule has 2 aliphatic heterocycles. The predicted octanol–water partition coefficient (Wildman–Crippen LogP) is -0.688. The van der Waals surface area contributed by atoms with Gasteiger partial charge in [-0.3, -0.25) is 0 Å². The summed E-state index contributed by atoms with van der Waals surface area (Å²) in [7, 11) is 0. The van der Waals surface area contributed by atoms with Crippen LogP contribution in [0.5, 0.6) is 0 Å². The Kier molecular flexibility index (Phi) is 2.81. The van der Waals surface area contributed by atoms with Crippen LogP contribution >= 0.6 is 0 Å². The molecule has 2 rings (SSSR count). The van der Waals surface area contributed by atoms with E-state index in [0.29, 0.717) is 6.42 Å². The second kappa shape index (κ2) is 4.08. The smallest absolute Gasteiger partial charge is 0.134 e. The van der Waals surface area contributed by atoms with E-state index in [4.69, 9.17) is 9.84 Å². The maximum atomic E-state index is 9.52. The van der Waals surface area contributed by atoms with Gasteiger partial charge in [0.05, 0.1) is 19.0 Å². The Hall–Kier alpha value is -0.910. The van der Waals surface area contributed by atoms with Gasteiger partial charge in [0, 0.05) is 19.2 Å². The molecule has 5 heteroatoms. The largest absolute Gasteiger partial charge is 0.394 e. The van der Waals surface area contributed by atoms with E-state index in [1.807, 2.05) is 11.0 Å². The molecule has 0 saturated carbocycles. The SMILES string of the molecule is OC[C@H]1O[C@H](N2C=NC=CC2)C[C@@H]1O. The van der Waals surface area contributed by atoms with Gasteiger partial charge in [0.15, 0.2) is 0 Å². The van der Waals surface area contributed by atoms with Crippen molar-refractivity contribution in [3.05, 3.63) is 12.3 Å². The summed E-state index contributed by atoms with van der Waals surface area (Å²) < 4.78 is 5.46. The zero-order valence-electron chi connectivity index (χ0n) is 7.78. The molecule has 0 bridgehead atoms. The molecule has 5 nitrogen and oxygen atoms in total. The van der Waals surface area contributed by atoms with Crippen molar-refractivity contribution in [3.8, 4) is 0 Å². The van der Waals surface area contributed by atoms with Crippen LogP contribution in [0.3, 0.4) is 0 Å². The lowest BCUT2D eigenvalue weighted by atomic mass is 10.2. The summed E-state index contributed by atoms with van der Waals surface area (Å²) in [6, 6.07) is 0. The number of hydrogen-bond acceptors (Lipinski definition) is 5. The first-order chi connectivity index (χ1) is 6.81. The number of rotatable bonds is 2. The van der Waals surface area contributed by atoms with E-state index in [-0.39, 0.29) is 12.8 Å². The average molecular weight is 198 g/mol. The highest BCUT2D eigenvalue weighted by Gasteiger charge is 2.35. The summed E-state index contributed by atoms with van der Waals surface area (Å²) in [6.45, 7) is 0.595. The van der Waals surface area contributed by atoms with Gasteiger partial charge >= 0.3 is 0 Å².